The molecule has 10 aliphatic rings. The molecule has 2 heterocycles. The number of carbonyl (C=O) groups excluding carboxylic acids is 2. The minimum absolute atomic E-state index is 0.0493. The maximum atomic E-state index is 14.2. The molecule has 6 nitrogen and oxygen atoms in total. The van der Waals surface area contributed by atoms with Gasteiger partial charge < -0.3 is 18.9 Å². The van der Waals surface area contributed by atoms with Crippen LogP contribution in [0.15, 0.2) is 0 Å². The third kappa shape index (κ3) is 4.66. The van der Waals surface area contributed by atoms with E-state index in [1.54, 1.807) is 0 Å². The largest absolute Gasteiger partial charge is 0.464 e. The van der Waals surface area contributed by atoms with E-state index >= 15 is 0 Å². The third-order valence-electron chi connectivity index (χ3n) is 12.4. The second-order valence-corrected chi connectivity index (χ2v) is 18.6. The number of hydrogen-bond acceptors (Lipinski definition) is 8. The summed E-state index contributed by atoms with van der Waals surface area (Å²) in [6.45, 7) is -2.02. The van der Waals surface area contributed by atoms with Crippen molar-refractivity contribution < 1.29 is 54.9 Å². The summed E-state index contributed by atoms with van der Waals surface area (Å²) in [5.41, 5.74) is -1.63. The number of rotatable bonds is 5. The van der Waals surface area contributed by atoms with E-state index in [-0.39, 0.29) is 39.7 Å². The van der Waals surface area contributed by atoms with Crippen molar-refractivity contribution in [3.8, 4) is 0 Å². The summed E-state index contributed by atoms with van der Waals surface area (Å²) in [6, 6.07) is 0. The lowest BCUT2D eigenvalue weighted by molar-refractivity contribution is -0.345. The molecule has 2 saturated heterocycles. The number of esters is 2. The average Bonchev–Trinajstić information content (AvgIpc) is 3.34. The van der Waals surface area contributed by atoms with E-state index in [2.05, 4.69) is 0 Å². The van der Waals surface area contributed by atoms with Crippen LogP contribution in [-0.4, -0.2) is 76.0 Å². The van der Waals surface area contributed by atoms with Gasteiger partial charge in [0.2, 0.25) is 0 Å². The van der Waals surface area contributed by atoms with E-state index in [1.165, 1.54) is 0 Å². The maximum absolute atomic E-state index is 14.2. The van der Waals surface area contributed by atoms with Crippen molar-refractivity contribution in [1.29, 1.82) is 0 Å². The molecule has 252 valence electrons. The van der Waals surface area contributed by atoms with E-state index in [1.807, 2.05) is 23.5 Å². The lowest BCUT2D eigenvalue weighted by Gasteiger charge is -2.63. The van der Waals surface area contributed by atoms with Gasteiger partial charge in [-0.05, 0) is 87.9 Å². The van der Waals surface area contributed by atoms with Gasteiger partial charge in [-0.1, -0.05) is 0 Å². The van der Waals surface area contributed by atoms with Crippen LogP contribution in [0.1, 0.15) is 71.1 Å². The summed E-state index contributed by atoms with van der Waals surface area (Å²) in [4.78, 5) is 25.9. The summed E-state index contributed by atoms with van der Waals surface area (Å²) in [7, 11) is 0. The average molecular weight is 685 g/mol. The topological polar surface area (TPSA) is 71.1 Å². The van der Waals surface area contributed by atoms with E-state index in [9.17, 15) is 35.9 Å². The molecule has 10 rings (SSSR count). The first-order valence-electron chi connectivity index (χ1n) is 16.1. The molecule has 8 aliphatic carbocycles. The molecule has 0 amide bonds. The van der Waals surface area contributed by atoms with E-state index in [0.717, 1.165) is 18.6 Å². The van der Waals surface area contributed by atoms with Gasteiger partial charge >= 0.3 is 29.7 Å². The Hall–Kier alpha value is -0.860. The normalized spacial score (nSPS) is 48.1. The van der Waals surface area contributed by atoms with Gasteiger partial charge in [-0.25, -0.2) is 4.79 Å². The zero-order chi connectivity index (χ0) is 31.8. The van der Waals surface area contributed by atoms with Gasteiger partial charge in [0.05, 0.1) is 9.49 Å². The zero-order valence-electron chi connectivity index (χ0n) is 25.0. The van der Waals surface area contributed by atoms with Crippen molar-refractivity contribution in [3.63, 3.8) is 0 Å². The van der Waals surface area contributed by atoms with Crippen molar-refractivity contribution in [1.82, 2.24) is 0 Å². The van der Waals surface area contributed by atoms with Gasteiger partial charge in [-0.3, -0.25) is 4.79 Å². The Morgan fingerprint density at radius 1 is 0.822 bits per heavy atom. The molecule has 0 aromatic rings. The maximum Gasteiger partial charge on any atom is 0.377 e. The lowest BCUT2D eigenvalue weighted by atomic mass is 9.47. The highest BCUT2D eigenvalue weighted by Crippen LogP contribution is 2.72. The Morgan fingerprint density at radius 2 is 1.38 bits per heavy atom. The van der Waals surface area contributed by atoms with E-state index < -0.39 is 65.6 Å². The smallest absolute Gasteiger partial charge is 0.377 e. The quantitative estimate of drug-likeness (QED) is 0.235. The minimum atomic E-state index is -4.33. The first-order valence-corrected chi connectivity index (χ1v) is 18.0. The first kappa shape index (κ1) is 31.4. The Kier molecular flexibility index (Phi) is 6.88. The van der Waals surface area contributed by atoms with Gasteiger partial charge in [0.15, 0.2) is 5.79 Å². The number of ether oxygens (including phenoxy) is 4. The Bertz CT molecular complexity index is 1220. The number of carbonyl (C=O) groups is 2. The zero-order valence-corrected chi connectivity index (χ0v) is 26.6. The molecule has 5 atom stereocenters. The third-order valence-corrected chi connectivity index (χ3v) is 16.6. The summed E-state index contributed by atoms with van der Waals surface area (Å²) >= 11 is 3.69. The predicted molar refractivity (Wildman–Crippen MR) is 151 cm³/mol. The molecule has 8 saturated carbocycles. The fourth-order valence-electron chi connectivity index (χ4n) is 11.0. The van der Waals surface area contributed by atoms with Crippen molar-refractivity contribution in [2.24, 2.45) is 40.9 Å². The highest BCUT2D eigenvalue weighted by Gasteiger charge is 2.71. The molecule has 2 spiro atoms. The van der Waals surface area contributed by atoms with E-state index in [0.29, 0.717) is 64.2 Å². The standard InChI is InChI=1S/C31H38F6O6S2/c1-25(32,33)23(38)43-27-7-17-4-20(10-27)31(21(5-17)11-27)44-13-22(45-31)12-40-24(39)26-6-16-2-18(8-26)30(19(3-16)9-26)41-14-28(34,35)29(36,37)15-42-30/h16-22H,2-15H2,1H3. The van der Waals surface area contributed by atoms with Crippen LogP contribution >= 0.6 is 23.5 Å². The molecule has 0 aromatic heterocycles. The molecule has 45 heavy (non-hydrogen) atoms. The van der Waals surface area contributed by atoms with Gasteiger partial charge in [-0.2, -0.15) is 26.3 Å². The summed E-state index contributed by atoms with van der Waals surface area (Å²) in [5.74, 6) is -14.6. The molecule has 5 unspecified atom stereocenters. The second kappa shape index (κ2) is 9.86. The van der Waals surface area contributed by atoms with E-state index in [4.69, 9.17) is 18.9 Å². The van der Waals surface area contributed by atoms with Crippen LogP contribution in [0.2, 0.25) is 0 Å². The summed E-state index contributed by atoms with van der Waals surface area (Å²) in [6.07, 6.45) is 6.13. The van der Waals surface area contributed by atoms with Crippen molar-refractivity contribution >= 4 is 35.5 Å². The SMILES string of the molecule is CC(F)(F)C(=O)OC12CC3CC(C1)C1(SCC(COC(=O)C45CC6CC(C4)C4(OCC(F)(F)C(F)(F)CO4)C(C6)C5)S1)C(C3)C2. The molecule has 0 radical (unpaired) electrons. The minimum Gasteiger partial charge on any atom is -0.464 e. The Labute approximate surface area is 266 Å². The fourth-order valence-corrected chi connectivity index (χ4v) is 15.1. The highest BCUT2D eigenvalue weighted by molar-refractivity contribution is 8.21. The molecule has 8 bridgehead atoms. The Balaban J connectivity index is 0.917. The van der Waals surface area contributed by atoms with Crippen LogP contribution in [0.4, 0.5) is 26.3 Å². The molecule has 2 aliphatic heterocycles. The second-order valence-electron chi connectivity index (χ2n) is 15.5. The molecule has 0 aromatic carbocycles. The molecule has 14 heteroatoms. The number of thioether (sulfide) groups is 2. The van der Waals surface area contributed by atoms with Gasteiger partial charge in [0.25, 0.3) is 0 Å². The fraction of sp³-hybridized carbons (Fsp3) is 0.935. The van der Waals surface area contributed by atoms with Crippen LogP contribution in [0.3, 0.4) is 0 Å². The monoisotopic (exact) mass is 684 g/mol. The molecule has 0 N–H and O–H groups in total. The van der Waals surface area contributed by atoms with Crippen LogP contribution in [-0.2, 0) is 28.5 Å². The van der Waals surface area contributed by atoms with Crippen molar-refractivity contribution in [2.45, 2.75) is 110 Å². The molecular formula is C31H38F6O6S2. The van der Waals surface area contributed by atoms with Crippen LogP contribution < -0.4 is 0 Å². The van der Waals surface area contributed by atoms with Crippen molar-refractivity contribution in [3.05, 3.63) is 0 Å². The van der Waals surface area contributed by atoms with Gasteiger partial charge in [0, 0.05) is 29.8 Å². The lowest BCUT2D eigenvalue weighted by Crippen LogP contribution is -2.65. The van der Waals surface area contributed by atoms with Crippen LogP contribution in [0.5, 0.6) is 0 Å². The molecule has 10 fully saturated rings. The number of halogens is 6. The summed E-state index contributed by atoms with van der Waals surface area (Å²) in [5, 5.41) is 0.0493. The number of hydrogen-bond donors (Lipinski definition) is 0. The first-order chi connectivity index (χ1) is 21.0. The van der Waals surface area contributed by atoms with Gasteiger partial charge in [-0.15, -0.1) is 23.5 Å². The summed E-state index contributed by atoms with van der Waals surface area (Å²) < 4.78 is 107. The Morgan fingerprint density at radius 3 is 1.96 bits per heavy atom. The molecular weight excluding hydrogens is 646 g/mol. The number of alkyl halides is 6. The highest BCUT2D eigenvalue weighted by atomic mass is 32.2. The predicted octanol–water partition coefficient (Wildman–Crippen LogP) is 6.69. The van der Waals surface area contributed by atoms with Crippen molar-refractivity contribution in [2.75, 3.05) is 25.6 Å². The van der Waals surface area contributed by atoms with Crippen LogP contribution in [0.25, 0.3) is 0 Å². The van der Waals surface area contributed by atoms with Gasteiger partial charge in [0.1, 0.15) is 25.4 Å². The van der Waals surface area contributed by atoms with Crippen LogP contribution in [0, 0.1) is 40.9 Å².